The summed E-state index contributed by atoms with van der Waals surface area (Å²) in [7, 11) is -1.26. The van der Waals surface area contributed by atoms with Crippen molar-refractivity contribution in [3.05, 3.63) is 0 Å². The van der Waals surface area contributed by atoms with Gasteiger partial charge in [0.2, 0.25) is 5.91 Å². The minimum Gasteiger partial charge on any atom is -0.356 e. The zero-order valence-corrected chi connectivity index (χ0v) is 17.8. The van der Waals surface area contributed by atoms with Gasteiger partial charge in [-0.05, 0) is 19.3 Å². The molecule has 0 radical (unpaired) electrons. The molecule has 24 heavy (non-hydrogen) atoms. The van der Waals surface area contributed by atoms with Crippen LogP contribution in [0.2, 0.25) is 0 Å². The number of amides is 1. The van der Waals surface area contributed by atoms with Gasteiger partial charge in [-0.15, -0.1) is 24.0 Å². The van der Waals surface area contributed by atoms with E-state index in [0.29, 0.717) is 25.5 Å². The largest absolute Gasteiger partial charge is 0.356 e. The number of hydrogen-bond acceptors (Lipinski definition) is 4. The summed E-state index contributed by atoms with van der Waals surface area (Å²) in [6, 6.07) is 0.196. The van der Waals surface area contributed by atoms with E-state index in [1.165, 1.54) is 6.26 Å². The zero-order chi connectivity index (χ0) is 17.1. The minimum absolute atomic E-state index is 0. The Morgan fingerprint density at radius 3 is 2.54 bits per heavy atom. The highest BCUT2D eigenvalue weighted by Crippen LogP contribution is 2.45. The molecule has 1 unspecified atom stereocenters. The van der Waals surface area contributed by atoms with E-state index in [9.17, 15) is 13.2 Å². The summed E-state index contributed by atoms with van der Waals surface area (Å²) < 4.78 is 23.0. The molecule has 140 valence electrons. The lowest BCUT2D eigenvalue weighted by Gasteiger charge is -2.21. The maximum Gasteiger partial charge on any atom is 0.222 e. The van der Waals surface area contributed by atoms with Crippen LogP contribution in [0, 0.1) is 5.41 Å². The molecule has 9 heteroatoms. The number of halogens is 1. The molecule has 0 bridgehead atoms. The van der Waals surface area contributed by atoms with Crippen molar-refractivity contribution in [2.24, 2.45) is 10.4 Å². The van der Waals surface area contributed by atoms with Crippen molar-refractivity contribution in [3.63, 3.8) is 0 Å². The van der Waals surface area contributed by atoms with Crippen LogP contribution in [-0.4, -0.2) is 69.9 Å². The third-order valence-corrected chi connectivity index (χ3v) is 5.70. The fourth-order valence-electron chi connectivity index (χ4n) is 3.09. The van der Waals surface area contributed by atoms with Gasteiger partial charge in [0.15, 0.2) is 5.96 Å². The smallest absolute Gasteiger partial charge is 0.222 e. The van der Waals surface area contributed by atoms with Crippen molar-refractivity contribution in [2.75, 3.05) is 38.7 Å². The van der Waals surface area contributed by atoms with Crippen LogP contribution in [0.1, 0.15) is 32.6 Å². The molecule has 0 aromatic rings. The van der Waals surface area contributed by atoms with Gasteiger partial charge in [0.1, 0.15) is 9.84 Å². The number of nitrogens with one attached hydrogen (secondary N) is 2. The Balaban J connectivity index is 0.00000288. The zero-order valence-electron chi connectivity index (χ0n) is 14.7. The first-order chi connectivity index (χ1) is 10.8. The molecule has 1 saturated carbocycles. The molecule has 7 nitrogen and oxygen atoms in total. The number of guanidine groups is 1. The number of hydrogen-bond donors (Lipinski definition) is 2. The molecule has 2 N–H and O–H groups in total. The molecule has 2 fully saturated rings. The molecule has 1 amide bonds. The monoisotopic (exact) mass is 472 g/mol. The van der Waals surface area contributed by atoms with Crippen molar-refractivity contribution >= 4 is 45.7 Å². The molecule has 0 aromatic carbocycles. The Kier molecular flexibility index (Phi) is 7.76. The first-order valence-corrected chi connectivity index (χ1v) is 10.3. The Morgan fingerprint density at radius 1 is 1.38 bits per heavy atom. The predicted molar refractivity (Wildman–Crippen MR) is 107 cm³/mol. The van der Waals surface area contributed by atoms with Gasteiger partial charge >= 0.3 is 0 Å². The molecule has 1 heterocycles. The highest BCUT2D eigenvalue weighted by molar-refractivity contribution is 14.0. The number of sulfone groups is 1. The molecule has 1 aliphatic carbocycles. The number of carbonyl (C=O) groups excluding carboxylic acids is 1. The van der Waals surface area contributed by atoms with E-state index in [1.807, 2.05) is 11.8 Å². The lowest BCUT2D eigenvalue weighted by atomic mass is 10.1. The number of aliphatic imine (C=N–C) groups is 1. The Bertz CT molecular complexity index is 575. The van der Waals surface area contributed by atoms with E-state index in [4.69, 9.17) is 0 Å². The number of carbonyl (C=O) groups is 1. The van der Waals surface area contributed by atoms with Crippen molar-refractivity contribution in [3.8, 4) is 0 Å². The first kappa shape index (κ1) is 21.5. The second-order valence-corrected chi connectivity index (χ2v) is 8.96. The number of nitrogens with zero attached hydrogens (tertiary/aromatic N) is 2. The van der Waals surface area contributed by atoms with Crippen LogP contribution in [0.25, 0.3) is 0 Å². The number of rotatable bonds is 6. The Morgan fingerprint density at radius 2 is 2.04 bits per heavy atom. The number of likely N-dealkylation sites (tertiary alicyclic amines) is 1. The van der Waals surface area contributed by atoms with Crippen LogP contribution >= 0.6 is 24.0 Å². The first-order valence-electron chi connectivity index (χ1n) is 8.19. The van der Waals surface area contributed by atoms with Crippen molar-refractivity contribution in [1.82, 2.24) is 15.5 Å². The van der Waals surface area contributed by atoms with E-state index >= 15 is 0 Å². The highest BCUT2D eigenvalue weighted by atomic mass is 127. The molecular weight excluding hydrogens is 443 g/mol. The SMILES string of the molecule is CCC(=O)N1CCC(NC(=NC)NCC2(CS(C)(=O)=O)CC2)C1.I. The summed E-state index contributed by atoms with van der Waals surface area (Å²) in [5.74, 6) is 1.09. The fourth-order valence-corrected chi connectivity index (χ4v) is 4.60. The lowest BCUT2D eigenvalue weighted by molar-refractivity contribution is -0.129. The summed E-state index contributed by atoms with van der Waals surface area (Å²) in [4.78, 5) is 17.8. The highest BCUT2D eigenvalue weighted by Gasteiger charge is 2.45. The molecule has 1 atom stereocenters. The van der Waals surface area contributed by atoms with Crippen LogP contribution in [0.15, 0.2) is 4.99 Å². The van der Waals surface area contributed by atoms with E-state index < -0.39 is 9.84 Å². The second kappa shape index (κ2) is 8.68. The van der Waals surface area contributed by atoms with Gasteiger partial charge in [0, 0.05) is 50.8 Å². The van der Waals surface area contributed by atoms with Crippen molar-refractivity contribution in [1.29, 1.82) is 0 Å². The molecule has 0 aromatic heterocycles. The van der Waals surface area contributed by atoms with Gasteiger partial charge in [0.05, 0.1) is 5.75 Å². The van der Waals surface area contributed by atoms with E-state index in [0.717, 1.165) is 25.8 Å². The van der Waals surface area contributed by atoms with Crippen molar-refractivity contribution in [2.45, 2.75) is 38.6 Å². The van der Waals surface area contributed by atoms with Gasteiger partial charge in [-0.25, -0.2) is 8.42 Å². The van der Waals surface area contributed by atoms with Crippen molar-refractivity contribution < 1.29 is 13.2 Å². The molecule has 0 spiro atoms. The van der Waals surface area contributed by atoms with Crippen LogP contribution < -0.4 is 10.6 Å². The summed E-state index contributed by atoms with van der Waals surface area (Å²) in [5, 5.41) is 6.58. The summed E-state index contributed by atoms with van der Waals surface area (Å²) in [6.07, 6.45) is 4.60. The van der Waals surface area contributed by atoms with E-state index in [-0.39, 0.29) is 47.1 Å². The van der Waals surface area contributed by atoms with Crippen LogP contribution in [0.3, 0.4) is 0 Å². The summed E-state index contributed by atoms with van der Waals surface area (Å²) >= 11 is 0. The van der Waals surface area contributed by atoms with Gasteiger partial charge in [-0.2, -0.15) is 0 Å². The second-order valence-electron chi connectivity index (χ2n) is 6.82. The standard InChI is InChI=1S/C15H28N4O3S.HI/c1-4-13(20)19-8-5-12(9-19)18-14(16-2)17-10-15(6-7-15)11-23(3,21)22;/h12H,4-11H2,1-3H3,(H2,16,17,18);1H. The third-order valence-electron chi connectivity index (χ3n) is 4.56. The van der Waals surface area contributed by atoms with E-state index in [2.05, 4.69) is 15.6 Å². The maximum atomic E-state index is 11.7. The molecule has 2 aliphatic rings. The maximum absolute atomic E-state index is 11.7. The molecule has 2 rings (SSSR count). The summed E-state index contributed by atoms with van der Waals surface area (Å²) in [5.41, 5.74) is -0.134. The van der Waals surface area contributed by atoms with Crippen LogP contribution in [0.5, 0.6) is 0 Å². The lowest BCUT2D eigenvalue weighted by Crippen LogP contribution is -2.47. The third kappa shape index (κ3) is 6.38. The van der Waals surface area contributed by atoms with Crippen LogP contribution in [-0.2, 0) is 14.6 Å². The van der Waals surface area contributed by atoms with Gasteiger partial charge in [-0.1, -0.05) is 6.92 Å². The predicted octanol–water partition coefficient (Wildman–Crippen LogP) is 0.605. The Labute approximate surface area is 162 Å². The normalized spacial score (nSPS) is 22.7. The van der Waals surface area contributed by atoms with Gasteiger partial charge in [-0.3, -0.25) is 9.79 Å². The molecule has 1 saturated heterocycles. The van der Waals surface area contributed by atoms with Crippen LogP contribution in [0.4, 0.5) is 0 Å². The average molecular weight is 472 g/mol. The van der Waals surface area contributed by atoms with Gasteiger partial charge < -0.3 is 15.5 Å². The quantitative estimate of drug-likeness (QED) is 0.336. The summed E-state index contributed by atoms with van der Waals surface area (Å²) in [6.45, 7) is 3.96. The minimum atomic E-state index is -2.96. The topological polar surface area (TPSA) is 90.9 Å². The van der Waals surface area contributed by atoms with E-state index in [1.54, 1.807) is 7.05 Å². The molecule has 1 aliphatic heterocycles. The Hall–Kier alpha value is -0.580. The fraction of sp³-hybridized carbons (Fsp3) is 0.867. The molecular formula is C15H29IN4O3S. The van der Waals surface area contributed by atoms with Gasteiger partial charge in [0.25, 0.3) is 0 Å². The average Bonchev–Trinajstić information content (AvgIpc) is 3.07.